The zero-order chi connectivity index (χ0) is 10.3. The van der Waals surface area contributed by atoms with Crippen LogP contribution >= 0.6 is 0 Å². The van der Waals surface area contributed by atoms with Gasteiger partial charge in [0.05, 0.1) is 13.0 Å². The van der Waals surface area contributed by atoms with Gasteiger partial charge in [-0.2, -0.15) is 4.57 Å². The lowest BCUT2D eigenvalue weighted by Crippen LogP contribution is -2.47. The van der Waals surface area contributed by atoms with Crippen LogP contribution in [0.15, 0.2) is 36.5 Å². The quantitative estimate of drug-likeness (QED) is 0.594. The number of hydrogen-bond acceptors (Lipinski definition) is 1. The summed E-state index contributed by atoms with van der Waals surface area (Å²) in [6, 6.07) is 10.7. The van der Waals surface area contributed by atoms with Crippen LogP contribution in [0.5, 0.6) is 0 Å². The van der Waals surface area contributed by atoms with Gasteiger partial charge in [-0.05, 0) is 11.5 Å². The Kier molecular flexibility index (Phi) is 1.96. The summed E-state index contributed by atoms with van der Waals surface area (Å²) in [6.45, 7) is 2.93. The zero-order valence-corrected chi connectivity index (χ0v) is 8.81. The second kappa shape index (κ2) is 3.31. The number of hydrogen-bond donors (Lipinski definition) is 0. The molecule has 1 aliphatic heterocycles. The highest BCUT2D eigenvalue weighted by atomic mass is 16.5. The van der Waals surface area contributed by atoms with Gasteiger partial charge in [0, 0.05) is 18.4 Å². The Bertz CT molecular complexity index is 507. The molecule has 0 unspecified atom stereocenters. The molecule has 0 bridgehead atoms. The van der Waals surface area contributed by atoms with Crippen molar-refractivity contribution < 1.29 is 9.30 Å². The van der Waals surface area contributed by atoms with Gasteiger partial charge in [-0.1, -0.05) is 18.2 Å². The molecule has 1 aromatic heterocycles. The second-order valence-electron chi connectivity index (χ2n) is 4.02. The molecule has 0 N–H and O–H groups in total. The van der Waals surface area contributed by atoms with Gasteiger partial charge >= 0.3 is 0 Å². The van der Waals surface area contributed by atoms with Crippen LogP contribution in [0.1, 0.15) is 18.8 Å². The molecule has 1 aliphatic rings. The Hall–Kier alpha value is -1.41. The second-order valence-corrected chi connectivity index (χ2v) is 4.02. The molecule has 76 valence electrons. The van der Waals surface area contributed by atoms with Crippen LogP contribution in [0, 0.1) is 0 Å². The standard InChI is InChI=1S/C13H14NO/c1-10-14-9-12-5-3-2-4-11(12)8-13(14)6-7-15-10/h2-5,8-10H,6-7H2,1H3/q+1/t10-/m0/s1. The zero-order valence-electron chi connectivity index (χ0n) is 8.81. The van der Waals surface area contributed by atoms with E-state index in [1.165, 1.54) is 16.5 Å². The van der Waals surface area contributed by atoms with Gasteiger partial charge in [-0.25, -0.2) is 0 Å². The van der Waals surface area contributed by atoms with E-state index in [9.17, 15) is 0 Å². The van der Waals surface area contributed by atoms with E-state index in [1.54, 1.807) is 0 Å². The van der Waals surface area contributed by atoms with E-state index in [0.29, 0.717) is 0 Å². The highest BCUT2D eigenvalue weighted by Gasteiger charge is 2.24. The molecule has 2 nitrogen and oxygen atoms in total. The smallest absolute Gasteiger partial charge is 0.259 e. The predicted molar refractivity (Wildman–Crippen MR) is 58.5 cm³/mol. The molecule has 0 aliphatic carbocycles. The van der Waals surface area contributed by atoms with Crippen molar-refractivity contribution in [3.05, 3.63) is 42.2 Å². The van der Waals surface area contributed by atoms with Gasteiger partial charge < -0.3 is 4.74 Å². The minimum Gasteiger partial charge on any atom is -0.321 e. The fraction of sp³-hybridized carbons (Fsp3) is 0.308. The van der Waals surface area contributed by atoms with Crippen LogP contribution < -0.4 is 4.57 Å². The van der Waals surface area contributed by atoms with E-state index in [-0.39, 0.29) is 6.23 Å². The Morgan fingerprint density at radius 1 is 1.27 bits per heavy atom. The van der Waals surface area contributed by atoms with Crippen molar-refractivity contribution in [3.8, 4) is 0 Å². The van der Waals surface area contributed by atoms with Gasteiger partial charge in [0.15, 0.2) is 11.9 Å². The third kappa shape index (κ3) is 1.41. The summed E-state index contributed by atoms with van der Waals surface area (Å²) in [5, 5.41) is 2.59. The van der Waals surface area contributed by atoms with E-state index < -0.39 is 0 Å². The van der Waals surface area contributed by atoms with E-state index in [0.717, 1.165) is 13.0 Å². The number of rotatable bonds is 0. The summed E-state index contributed by atoms with van der Waals surface area (Å²) in [4.78, 5) is 0. The predicted octanol–water partition coefficient (Wildman–Crippen LogP) is 2.22. The molecule has 2 heterocycles. The summed E-state index contributed by atoms with van der Waals surface area (Å²) < 4.78 is 7.84. The molecule has 0 fully saturated rings. The van der Waals surface area contributed by atoms with Crippen molar-refractivity contribution in [2.24, 2.45) is 0 Å². The first-order chi connectivity index (χ1) is 7.34. The number of ether oxygens (including phenoxy) is 1. The monoisotopic (exact) mass is 200 g/mol. The lowest BCUT2D eigenvalue weighted by Gasteiger charge is -2.17. The first kappa shape index (κ1) is 8.86. The summed E-state index contributed by atoms with van der Waals surface area (Å²) >= 11 is 0. The first-order valence-electron chi connectivity index (χ1n) is 5.39. The van der Waals surface area contributed by atoms with Crippen molar-refractivity contribution in [3.63, 3.8) is 0 Å². The summed E-state index contributed by atoms with van der Waals surface area (Å²) in [5.41, 5.74) is 1.37. The molecule has 0 radical (unpaired) electrons. The minimum absolute atomic E-state index is 0.165. The normalized spacial score (nSPS) is 20.2. The van der Waals surface area contributed by atoms with Gasteiger partial charge in [0.25, 0.3) is 6.23 Å². The Balaban J connectivity index is 2.27. The first-order valence-corrected chi connectivity index (χ1v) is 5.39. The maximum atomic E-state index is 5.62. The third-order valence-corrected chi connectivity index (χ3v) is 3.04. The van der Waals surface area contributed by atoms with Crippen molar-refractivity contribution in [2.75, 3.05) is 6.61 Å². The molecule has 0 amide bonds. The van der Waals surface area contributed by atoms with Gasteiger partial charge in [0.2, 0.25) is 0 Å². The summed E-state index contributed by atoms with van der Waals surface area (Å²) in [6.07, 6.45) is 3.36. The Morgan fingerprint density at radius 2 is 2.07 bits per heavy atom. The SMILES string of the molecule is C[C@@H]1OCCc2cc3ccccc3c[n+]21. The van der Waals surface area contributed by atoms with Crippen molar-refractivity contribution in [1.82, 2.24) is 0 Å². The van der Waals surface area contributed by atoms with E-state index >= 15 is 0 Å². The Morgan fingerprint density at radius 3 is 2.93 bits per heavy atom. The number of benzene rings is 1. The molecule has 3 rings (SSSR count). The highest BCUT2D eigenvalue weighted by molar-refractivity contribution is 5.80. The van der Waals surface area contributed by atoms with Crippen molar-refractivity contribution in [1.29, 1.82) is 0 Å². The molecule has 0 spiro atoms. The molecule has 15 heavy (non-hydrogen) atoms. The van der Waals surface area contributed by atoms with E-state index in [4.69, 9.17) is 4.74 Å². The van der Waals surface area contributed by atoms with Crippen LogP contribution in [0.4, 0.5) is 0 Å². The molecule has 2 aromatic rings. The molecule has 0 saturated carbocycles. The molecular formula is C13H14NO+. The van der Waals surface area contributed by atoms with Gasteiger partial charge in [-0.3, -0.25) is 0 Å². The minimum atomic E-state index is 0.165. The molecule has 1 atom stereocenters. The number of fused-ring (bicyclic) bond motifs is 2. The van der Waals surface area contributed by atoms with Gasteiger partial charge in [0.1, 0.15) is 0 Å². The van der Waals surface area contributed by atoms with Crippen molar-refractivity contribution >= 4 is 10.8 Å². The lowest BCUT2D eigenvalue weighted by molar-refractivity contribution is -0.771. The molecule has 2 heteroatoms. The average molecular weight is 200 g/mol. The van der Waals surface area contributed by atoms with Gasteiger partial charge in [-0.15, -0.1) is 0 Å². The van der Waals surface area contributed by atoms with Crippen LogP contribution in [0.3, 0.4) is 0 Å². The molecule has 1 aromatic carbocycles. The van der Waals surface area contributed by atoms with Crippen LogP contribution in [-0.2, 0) is 11.2 Å². The number of pyridine rings is 1. The maximum Gasteiger partial charge on any atom is 0.259 e. The van der Waals surface area contributed by atoms with Crippen LogP contribution in [0.25, 0.3) is 10.8 Å². The number of aromatic nitrogens is 1. The topological polar surface area (TPSA) is 13.1 Å². The molecule has 0 saturated heterocycles. The average Bonchev–Trinajstić information content (AvgIpc) is 2.27. The van der Waals surface area contributed by atoms with Crippen molar-refractivity contribution in [2.45, 2.75) is 19.6 Å². The van der Waals surface area contributed by atoms with E-state index in [1.807, 2.05) is 0 Å². The molecular weight excluding hydrogens is 186 g/mol. The lowest BCUT2D eigenvalue weighted by atomic mass is 10.1. The number of nitrogens with zero attached hydrogens (tertiary/aromatic N) is 1. The maximum absolute atomic E-state index is 5.62. The Labute approximate surface area is 89.1 Å². The highest BCUT2D eigenvalue weighted by Crippen LogP contribution is 2.17. The fourth-order valence-corrected chi connectivity index (χ4v) is 2.20. The third-order valence-electron chi connectivity index (χ3n) is 3.04. The van der Waals surface area contributed by atoms with Crippen LogP contribution in [-0.4, -0.2) is 6.61 Å². The van der Waals surface area contributed by atoms with E-state index in [2.05, 4.69) is 48.0 Å². The largest absolute Gasteiger partial charge is 0.321 e. The summed E-state index contributed by atoms with van der Waals surface area (Å²) in [7, 11) is 0. The fourth-order valence-electron chi connectivity index (χ4n) is 2.20. The summed E-state index contributed by atoms with van der Waals surface area (Å²) in [5.74, 6) is 0. The van der Waals surface area contributed by atoms with Crippen LogP contribution in [0.2, 0.25) is 0 Å².